The molecule has 0 saturated heterocycles. The van der Waals surface area contributed by atoms with Gasteiger partial charge in [-0.1, -0.05) is 33.8 Å². The Kier molecular flexibility index (Phi) is 6.67. The molecule has 0 unspecified atom stereocenters. The summed E-state index contributed by atoms with van der Waals surface area (Å²) in [7, 11) is 0. The fraction of sp³-hybridized carbons (Fsp3) is 0.0500. The van der Waals surface area contributed by atoms with Gasteiger partial charge < -0.3 is 0 Å². The van der Waals surface area contributed by atoms with Gasteiger partial charge in [0.15, 0.2) is 11.0 Å². The Morgan fingerprint density at radius 3 is 2.70 bits per heavy atom. The van der Waals surface area contributed by atoms with Crippen LogP contribution in [0, 0.1) is 0 Å². The number of nitrogens with one attached hydrogen (secondary N) is 1. The van der Waals surface area contributed by atoms with Crippen LogP contribution >= 0.6 is 39.0 Å². The molecule has 0 fully saturated rings. The number of benzene rings is 1. The molecule has 3 aromatic heterocycles. The van der Waals surface area contributed by atoms with E-state index in [4.69, 9.17) is 0 Å². The van der Waals surface area contributed by atoms with Gasteiger partial charge in [0.05, 0.1) is 12.0 Å². The molecule has 10 heteroatoms. The molecule has 0 aliphatic rings. The number of amides is 1. The van der Waals surface area contributed by atoms with Crippen LogP contribution in [0.25, 0.3) is 17.1 Å². The van der Waals surface area contributed by atoms with E-state index < -0.39 is 0 Å². The number of carbonyl (C=O) groups is 1. The molecule has 0 radical (unpaired) electrons. The van der Waals surface area contributed by atoms with E-state index in [1.54, 1.807) is 29.9 Å². The number of hydrogen-bond donors (Lipinski definition) is 1. The van der Waals surface area contributed by atoms with E-state index >= 15 is 0 Å². The average molecular weight is 499 g/mol. The van der Waals surface area contributed by atoms with Crippen molar-refractivity contribution >= 4 is 51.2 Å². The van der Waals surface area contributed by atoms with Crippen LogP contribution in [0.2, 0.25) is 0 Å². The van der Waals surface area contributed by atoms with Gasteiger partial charge in [-0.25, -0.2) is 5.43 Å². The Morgan fingerprint density at radius 2 is 1.97 bits per heavy atom. The second-order valence-corrected chi connectivity index (χ2v) is 8.79. The lowest BCUT2D eigenvalue weighted by Gasteiger charge is -2.10. The number of halogens is 1. The minimum absolute atomic E-state index is 0.160. The molecule has 1 N–H and O–H groups in total. The fourth-order valence-electron chi connectivity index (χ4n) is 2.57. The van der Waals surface area contributed by atoms with E-state index in [9.17, 15) is 4.79 Å². The van der Waals surface area contributed by atoms with Crippen molar-refractivity contribution in [1.29, 1.82) is 0 Å². The molecule has 0 bridgehead atoms. The highest BCUT2D eigenvalue weighted by Crippen LogP contribution is 2.28. The summed E-state index contributed by atoms with van der Waals surface area (Å²) in [6.45, 7) is 0. The molecule has 4 rings (SSSR count). The third kappa shape index (κ3) is 5.02. The lowest BCUT2D eigenvalue weighted by molar-refractivity contribution is -0.118. The summed E-state index contributed by atoms with van der Waals surface area (Å²) < 4.78 is 2.90. The highest BCUT2D eigenvalue weighted by molar-refractivity contribution is 9.10. The average Bonchev–Trinajstić information content (AvgIpc) is 3.43. The predicted octanol–water partition coefficient (Wildman–Crippen LogP) is 4.40. The van der Waals surface area contributed by atoms with Crippen molar-refractivity contribution in [3.63, 3.8) is 0 Å². The highest BCUT2D eigenvalue weighted by atomic mass is 79.9. The normalized spacial score (nSPS) is 11.1. The number of thiophene rings is 1. The summed E-state index contributed by atoms with van der Waals surface area (Å²) in [5, 5.41) is 15.2. The Morgan fingerprint density at radius 1 is 1.17 bits per heavy atom. The third-order valence-corrected chi connectivity index (χ3v) is 6.18. The van der Waals surface area contributed by atoms with E-state index in [-0.39, 0.29) is 11.7 Å². The van der Waals surface area contributed by atoms with Crippen LogP contribution in [-0.2, 0) is 4.79 Å². The molecular formula is C20H15BrN6OS2. The zero-order chi connectivity index (χ0) is 20.8. The predicted molar refractivity (Wildman–Crippen MR) is 123 cm³/mol. The van der Waals surface area contributed by atoms with Crippen molar-refractivity contribution < 1.29 is 4.79 Å². The smallest absolute Gasteiger partial charge is 0.250 e. The number of carbonyl (C=O) groups excluding carboxylic acids is 1. The second kappa shape index (κ2) is 9.79. The largest absolute Gasteiger partial charge is 0.272 e. The van der Waals surface area contributed by atoms with Gasteiger partial charge in [0.25, 0.3) is 5.91 Å². The zero-order valence-electron chi connectivity index (χ0n) is 15.5. The third-order valence-electron chi connectivity index (χ3n) is 3.91. The number of rotatable bonds is 7. The summed E-state index contributed by atoms with van der Waals surface area (Å²) in [4.78, 5) is 17.2. The van der Waals surface area contributed by atoms with Gasteiger partial charge in [0, 0.05) is 33.0 Å². The zero-order valence-corrected chi connectivity index (χ0v) is 18.7. The van der Waals surface area contributed by atoms with Gasteiger partial charge in [-0.05, 0) is 47.8 Å². The van der Waals surface area contributed by atoms with Crippen molar-refractivity contribution in [3.8, 4) is 17.1 Å². The fourth-order valence-corrected chi connectivity index (χ4v) is 4.16. The molecule has 0 aliphatic heterocycles. The van der Waals surface area contributed by atoms with E-state index in [0.717, 1.165) is 20.6 Å². The minimum atomic E-state index is -0.219. The van der Waals surface area contributed by atoms with Crippen LogP contribution in [-0.4, -0.2) is 37.6 Å². The molecule has 3 heterocycles. The first kappa shape index (κ1) is 20.5. The molecule has 150 valence electrons. The monoisotopic (exact) mass is 498 g/mol. The van der Waals surface area contributed by atoms with Gasteiger partial charge in [0.1, 0.15) is 0 Å². The van der Waals surface area contributed by atoms with E-state index in [0.29, 0.717) is 11.0 Å². The van der Waals surface area contributed by atoms with Crippen molar-refractivity contribution in [1.82, 2.24) is 25.2 Å². The van der Waals surface area contributed by atoms with Gasteiger partial charge in [-0.3, -0.25) is 14.3 Å². The second-order valence-electron chi connectivity index (χ2n) is 5.95. The number of hydrazone groups is 1. The molecule has 0 saturated carbocycles. The van der Waals surface area contributed by atoms with E-state index in [1.807, 2.05) is 58.5 Å². The van der Waals surface area contributed by atoms with Crippen LogP contribution in [0.5, 0.6) is 0 Å². The summed E-state index contributed by atoms with van der Waals surface area (Å²) in [6.07, 6.45) is 5.04. The summed E-state index contributed by atoms with van der Waals surface area (Å²) >= 11 is 6.31. The molecule has 0 aliphatic carbocycles. The molecule has 0 atom stereocenters. The summed E-state index contributed by atoms with van der Waals surface area (Å²) in [5.41, 5.74) is 4.32. The topological polar surface area (TPSA) is 85.1 Å². The first-order valence-electron chi connectivity index (χ1n) is 8.80. The SMILES string of the molecule is O=C(CSc1nnc(-c2ccncc2)n1-c1ccc(Br)cc1)NN=Cc1cccs1. The maximum absolute atomic E-state index is 12.2. The first-order chi connectivity index (χ1) is 14.7. The van der Waals surface area contributed by atoms with Crippen molar-refractivity contribution in [2.45, 2.75) is 5.16 Å². The number of thioether (sulfide) groups is 1. The lowest BCUT2D eigenvalue weighted by Crippen LogP contribution is -2.19. The molecule has 1 amide bonds. The van der Waals surface area contributed by atoms with Crippen LogP contribution in [0.15, 0.2) is 81.0 Å². The van der Waals surface area contributed by atoms with Crippen molar-refractivity contribution in [2.24, 2.45) is 5.10 Å². The molecule has 1 aromatic carbocycles. The van der Waals surface area contributed by atoms with Crippen LogP contribution in [0.3, 0.4) is 0 Å². The van der Waals surface area contributed by atoms with Crippen LogP contribution < -0.4 is 5.43 Å². The summed E-state index contributed by atoms with van der Waals surface area (Å²) in [6, 6.07) is 15.4. The quantitative estimate of drug-likeness (QED) is 0.232. The molecule has 7 nitrogen and oxygen atoms in total. The highest BCUT2D eigenvalue weighted by Gasteiger charge is 2.17. The Balaban J connectivity index is 1.53. The molecular weight excluding hydrogens is 484 g/mol. The number of nitrogens with zero attached hydrogens (tertiary/aromatic N) is 5. The van der Waals surface area contributed by atoms with Crippen LogP contribution in [0.1, 0.15) is 4.88 Å². The standard InChI is InChI=1S/C20H15BrN6OS2/c21-15-3-5-16(6-4-15)27-19(14-7-9-22-10-8-14)25-26-20(27)30-13-18(28)24-23-12-17-2-1-11-29-17/h1-12H,13H2,(H,24,28). The Labute approximate surface area is 189 Å². The number of pyridine rings is 1. The Hall–Kier alpha value is -2.82. The summed E-state index contributed by atoms with van der Waals surface area (Å²) in [5.74, 6) is 0.620. The maximum Gasteiger partial charge on any atom is 0.250 e. The van der Waals surface area contributed by atoms with Gasteiger partial charge >= 0.3 is 0 Å². The first-order valence-corrected chi connectivity index (χ1v) is 11.5. The van der Waals surface area contributed by atoms with Gasteiger partial charge in [0.2, 0.25) is 0 Å². The Bertz CT molecular complexity index is 1140. The molecule has 30 heavy (non-hydrogen) atoms. The molecule has 0 spiro atoms. The minimum Gasteiger partial charge on any atom is -0.272 e. The number of hydrogen-bond acceptors (Lipinski definition) is 7. The van der Waals surface area contributed by atoms with E-state index in [1.165, 1.54) is 11.8 Å². The number of aromatic nitrogens is 4. The van der Waals surface area contributed by atoms with Gasteiger partial charge in [-0.15, -0.1) is 21.5 Å². The van der Waals surface area contributed by atoms with Crippen molar-refractivity contribution in [2.75, 3.05) is 5.75 Å². The lowest BCUT2D eigenvalue weighted by atomic mass is 10.2. The van der Waals surface area contributed by atoms with Gasteiger partial charge in [-0.2, -0.15) is 5.10 Å². The maximum atomic E-state index is 12.2. The van der Waals surface area contributed by atoms with Crippen molar-refractivity contribution in [3.05, 3.63) is 75.7 Å². The van der Waals surface area contributed by atoms with Crippen LogP contribution in [0.4, 0.5) is 0 Å². The van der Waals surface area contributed by atoms with E-state index in [2.05, 4.69) is 41.6 Å². The molecule has 4 aromatic rings.